The molecular formula is C22H33N3O3S. The van der Waals surface area contributed by atoms with Crippen LogP contribution in [0.25, 0.3) is 0 Å². The number of aromatic nitrogens is 1. The molecule has 4 rings (SSSR count). The molecule has 6 nitrogen and oxygen atoms in total. The lowest BCUT2D eigenvalue weighted by Gasteiger charge is -2.43. The molecule has 0 bridgehead atoms. The predicted molar refractivity (Wildman–Crippen MR) is 114 cm³/mol. The van der Waals surface area contributed by atoms with Crippen LogP contribution < -0.4 is 4.90 Å². The number of amides is 2. The van der Waals surface area contributed by atoms with Crippen LogP contribution in [0.3, 0.4) is 0 Å². The zero-order chi connectivity index (χ0) is 20.6. The highest BCUT2D eigenvalue weighted by atomic mass is 32.1. The number of likely N-dealkylation sites (tertiary alicyclic amines) is 1. The molecule has 0 spiro atoms. The van der Waals surface area contributed by atoms with Crippen molar-refractivity contribution in [3.8, 4) is 0 Å². The zero-order valence-electron chi connectivity index (χ0n) is 17.9. The van der Waals surface area contributed by atoms with E-state index in [0.717, 1.165) is 24.5 Å². The van der Waals surface area contributed by atoms with Crippen molar-refractivity contribution < 1.29 is 14.3 Å². The second kappa shape index (κ2) is 8.25. The van der Waals surface area contributed by atoms with Gasteiger partial charge in [-0.1, -0.05) is 19.3 Å². The Hall–Kier alpha value is -1.63. The number of carbonyl (C=O) groups is 2. The first-order valence-corrected chi connectivity index (χ1v) is 11.9. The minimum absolute atomic E-state index is 0.124. The van der Waals surface area contributed by atoms with Gasteiger partial charge in [0.15, 0.2) is 5.13 Å². The number of piperidine rings is 2. The molecule has 160 valence electrons. The Labute approximate surface area is 177 Å². The molecule has 3 heterocycles. The summed E-state index contributed by atoms with van der Waals surface area (Å²) in [6.45, 7) is 7.48. The van der Waals surface area contributed by atoms with Crippen LogP contribution in [0, 0.1) is 11.8 Å². The van der Waals surface area contributed by atoms with Gasteiger partial charge in [-0.15, -0.1) is 11.3 Å². The van der Waals surface area contributed by atoms with Gasteiger partial charge in [-0.3, -0.25) is 9.69 Å². The maximum absolute atomic E-state index is 13.3. The summed E-state index contributed by atoms with van der Waals surface area (Å²) < 4.78 is 5.53. The summed E-state index contributed by atoms with van der Waals surface area (Å²) in [4.78, 5) is 35.3. The summed E-state index contributed by atoms with van der Waals surface area (Å²) in [5.74, 6) is 0.946. The van der Waals surface area contributed by atoms with Crippen LogP contribution in [0.15, 0.2) is 6.20 Å². The third-order valence-corrected chi connectivity index (χ3v) is 7.65. The molecule has 2 amide bonds. The molecule has 0 N–H and O–H groups in total. The lowest BCUT2D eigenvalue weighted by atomic mass is 9.79. The maximum Gasteiger partial charge on any atom is 0.410 e. The highest BCUT2D eigenvalue weighted by Crippen LogP contribution is 2.40. The molecule has 2 atom stereocenters. The fourth-order valence-corrected chi connectivity index (χ4v) is 6.01. The van der Waals surface area contributed by atoms with E-state index in [-0.39, 0.29) is 17.9 Å². The molecule has 1 aromatic heterocycles. The zero-order valence-corrected chi connectivity index (χ0v) is 18.7. The molecule has 0 unspecified atom stereocenters. The predicted octanol–water partition coefficient (Wildman–Crippen LogP) is 4.80. The maximum atomic E-state index is 13.3. The molecule has 3 aliphatic rings. The fraction of sp³-hybridized carbons (Fsp3) is 0.773. The monoisotopic (exact) mass is 419 g/mol. The van der Waals surface area contributed by atoms with Gasteiger partial charge in [0.25, 0.3) is 0 Å². The Kier molecular flexibility index (Phi) is 5.87. The molecule has 3 fully saturated rings. The van der Waals surface area contributed by atoms with E-state index in [1.54, 1.807) is 16.2 Å². The quantitative estimate of drug-likeness (QED) is 0.691. The minimum atomic E-state index is -0.521. The van der Waals surface area contributed by atoms with Crippen LogP contribution in [0.4, 0.5) is 9.93 Å². The average molecular weight is 420 g/mol. The molecule has 2 aliphatic heterocycles. The molecule has 7 heteroatoms. The minimum Gasteiger partial charge on any atom is -0.444 e. The van der Waals surface area contributed by atoms with Crippen LogP contribution in [0.2, 0.25) is 0 Å². The number of anilines is 1. The SMILES string of the molecule is CC(C)(C)OC(=O)N1CC[C@H]2CCN(c3ncc(C4CCCCC4)s3)C(=O)[C@@H]2C1. The largest absolute Gasteiger partial charge is 0.444 e. The van der Waals surface area contributed by atoms with E-state index >= 15 is 0 Å². The first-order valence-electron chi connectivity index (χ1n) is 11.1. The van der Waals surface area contributed by atoms with E-state index < -0.39 is 5.60 Å². The van der Waals surface area contributed by atoms with E-state index in [0.29, 0.717) is 24.9 Å². The standard InChI is InChI=1S/C22H33N3O3S/c1-22(2,3)28-21(27)24-11-9-15-10-12-25(19(26)17(15)14-24)20-23-13-18(29-20)16-7-5-4-6-8-16/h13,15-17H,4-12,14H2,1-3H3/t15-,17+/m0/s1. The number of thiazole rings is 1. The number of hydrogen-bond acceptors (Lipinski definition) is 5. The second-order valence-electron chi connectivity index (χ2n) is 9.74. The van der Waals surface area contributed by atoms with Crippen molar-refractivity contribution in [3.05, 3.63) is 11.1 Å². The van der Waals surface area contributed by atoms with Crippen molar-refractivity contribution in [2.45, 2.75) is 77.2 Å². The third kappa shape index (κ3) is 4.60. The number of rotatable bonds is 2. The molecule has 29 heavy (non-hydrogen) atoms. The Morgan fingerprint density at radius 2 is 1.86 bits per heavy atom. The average Bonchev–Trinajstić information content (AvgIpc) is 3.17. The number of hydrogen-bond donors (Lipinski definition) is 0. The van der Waals surface area contributed by atoms with E-state index in [1.807, 2.05) is 31.9 Å². The summed E-state index contributed by atoms with van der Waals surface area (Å²) in [7, 11) is 0. The van der Waals surface area contributed by atoms with E-state index in [1.165, 1.54) is 37.0 Å². The molecule has 2 saturated heterocycles. The first-order chi connectivity index (χ1) is 13.8. The van der Waals surface area contributed by atoms with Gasteiger partial charge in [-0.05, 0) is 58.3 Å². The number of ether oxygens (including phenoxy) is 1. The number of carbonyl (C=O) groups excluding carboxylic acids is 2. The van der Waals surface area contributed by atoms with Gasteiger partial charge in [0.05, 0.1) is 5.92 Å². The van der Waals surface area contributed by atoms with Crippen molar-refractivity contribution >= 4 is 28.5 Å². The van der Waals surface area contributed by atoms with Gasteiger partial charge in [0, 0.05) is 30.7 Å². The van der Waals surface area contributed by atoms with Crippen LogP contribution in [0.5, 0.6) is 0 Å². The van der Waals surface area contributed by atoms with Crippen molar-refractivity contribution in [3.63, 3.8) is 0 Å². The highest BCUT2D eigenvalue weighted by Gasteiger charge is 2.43. The van der Waals surface area contributed by atoms with Crippen molar-refractivity contribution in [2.75, 3.05) is 24.5 Å². The van der Waals surface area contributed by atoms with Crippen LogP contribution in [-0.2, 0) is 9.53 Å². The molecule has 0 aromatic carbocycles. The Morgan fingerprint density at radius 1 is 1.14 bits per heavy atom. The first kappa shape index (κ1) is 20.6. The van der Waals surface area contributed by atoms with Gasteiger partial charge in [-0.2, -0.15) is 0 Å². The van der Waals surface area contributed by atoms with E-state index in [2.05, 4.69) is 4.98 Å². The summed E-state index contributed by atoms with van der Waals surface area (Å²) in [6, 6.07) is 0. The lowest BCUT2D eigenvalue weighted by Crippen LogP contribution is -2.55. The Balaban J connectivity index is 1.43. The van der Waals surface area contributed by atoms with Gasteiger partial charge in [0.2, 0.25) is 5.91 Å². The van der Waals surface area contributed by atoms with Crippen molar-refractivity contribution in [1.29, 1.82) is 0 Å². The summed E-state index contributed by atoms with van der Waals surface area (Å²) >= 11 is 1.69. The normalized spacial score (nSPS) is 26.4. The van der Waals surface area contributed by atoms with E-state index in [4.69, 9.17) is 4.74 Å². The van der Waals surface area contributed by atoms with Crippen LogP contribution in [0.1, 0.15) is 76.5 Å². The molecule has 1 aromatic rings. The summed E-state index contributed by atoms with van der Waals surface area (Å²) in [6.07, 6.45) is 9.94. The summed E-state index contributed by atoms with van der Waals surface area (Å²) in [5, 5.41) is 0.836. The van der Waals surface area contributed by atoms with Crippen molar-refractivity contribution in [1.82, 2.24) is 9.88 Å². The van der Waals surface area contributed by atoms with Gasteiger partial charge < -0.3 is 9.64 Å². The Bertz CT molecular complexity index is 751. The molecule has 0 radical (unpaired) electrons. The number of fused-ring (bicyclic) bond motifs is 1. The Morgan fingerprint density at radius 3 is 2.59 bits per heavy atom. The highest BCUT2D eigenvalue weighted by molar-refractivity contribution is 7.15. The van der Waals surface area contributed by atoms with Gasteiger partial charge in [-0.25, -0.2) is 9.78 Å². The van der Waals surface area contributed by atoms with E-state index in [9.17, 15) is 9.59 Å². The van der Waals surface area contributed by atoms with Crippen LogP contribution >= 0.6 is 11.3 Å². The molecule has 1 saturated carbocycles. The van der Waals surface area contributed by atoms with Crippen molar-refractivity contribution in [2.24, 2.45) is 11.8 Å². The molecular weight excluding hydrogens is 386 g/mol. The summed E-state index contributed by atoms with van der Waals surface area (Å²) in [5.41, 5.74) is -0.521. The molecule has 1 aliphatic carbocycles. The third-order valence-electron chi connectivity index (χ3n) is 6.46. The fourth-order valence-electron chi connectivity index (χ4n) is 4.89. The smallest absolute Gasteiger partial charge is 0.410 e. The second-order valence-corrected chi connectivity index (χ2v) is 10.8. The number of nitrogens with zero attached hydrogens (tertiary/aromatic N) is 3. The lowest BCUT2D eigenvalue weighted by molar-refractivity contribution is -0.128. The van der Waals surface area contributed by atoms with Crippen LogP contribution in [-0.4, -0.2) is 47.1 Å². The topological polar surface area (TPSA) is 62.7 Å². The van der Waals surface area contributed by atoms with Gasteiger partial charge >= 0.3 is 6.09 Å². The van der Waals surface area contributed by atoms with Gasteiger partial charge in [0.1, 0.15) is 5.60 Å².